The molecule has 0 unspecified atom stereocenters. The SMILES string of the molecule is C#CCC[n+]1ccc2ccccc2c1-c1c2ccccc2cc[n+]1CCC. The van der Waals surface area contributed by atoms with E-state index in [0.717, 1.165) is 19.5 Å². The molecule has 132 valence electrons. The lowest BCUT2D eigenvalue weighted by atomic mass is 10.0. The lowest BCUT2D eigenvalue weighted by molar-refractivity contribution is -0.712. The molecule has 0 fully saturated rings. The first-order valence-corrected chi connectivity index (χ1v) is 9.59. The number of nitrogens with zero attached hydrogens (tertiary/aromatic N) is 2. The van der Waals surface area contributed by atoms with Gasteiger partial charge in [0.2, 0.25) is 0 Å². The van der Waals surface area contributed by atoms with Crippen LogP contribution in [0.25, 0.3) is 32.9 Å². The Morgan fingerprint density at radius 3 is 1.78 bits per heavy atom. The monoisotopic (exact) mass is 352 g/mol. The van der Waals surface area contributed by atoms with Gasteiger partial charge in [0.05, 0.1) is 17.2 Å². The topological polar surface area (TPSA) is 7.76 Å². The van der Waals surface area contributed by atoms with Gasteiger partial charge in [-0.1, -0.05) is 43.3 Å². The number of fused-ring (bicyclic) bond motifs is 2. The maximum Gasteiger partial charge on any atom is 0.285 e. The Labute approximate surface area is 160 Å². The number of aryl methyl sites for hydroxylation is 2. The van der Waals surface area contributed by atoms with Crippen LogP contribution in [0.2, 0.25) is 0 Å². The van der Waals surface area contributed by atoms with Gasteiger partial charge in [0.1, 0.15) is 6.54 Å². The second kappa shape index (κ2) is 7.60. The van der Waals surface area contributed by atoms with Crippen molar-refractivity contribution in [1.82, 2.24) is 0 Å². The standard InChI is InChI=1S/C25H24N2/c1-3-5-17-27-19-15-21-11-7-9-13-23(21)25(27)24-22-12-8-6-10-20(22)14-18-26(24)16-4-2/h1,6-15,18-19H,4-5,16-17H2,2H3/q+2. The molecule has 0 saturated carbocycles. The van der Waals surface area contributed by atoms with Crippen LogP contribution in [0.4, 0.5) is 0 Å². The molecule has 0 saturated heterocycles. The van der Waals surface area contributed by atoms with Crippen molar-refractivity contribution in [3.63, 3.8) is 0 Å². The zero-order chi connectivity index (χ0) is 18.6. The first-order valence-electron chi connectivity index (χ1n) is 9.59. The fourth-order valence-corrected chi connectivity index (χ4v) is 3.84. The third-order valence-corrected chi connectivity index (χ3v) is 5.06. The molecule has 0 aliphatic rings. The molecule has 0 bridgehead atoms. The van der Waals surface area contributed by atoms with E-state index in [-0.39, 0.29) is 0 Å². The van der Waals surface area contributed by atoms with Crippen LogP contribution >= 0.6 is 0 Å². The van der Waals surface area contributed by atoms with Gasteiger partial charge in [0.25, 0.3) is 11.4 Å². The van der Waals surface area contributed by atoms with Crippen LogP contribution in [-0.2, 0) is 13.1 Å². The zero-order valence-corrected chi connectivity index (χ0v) is 15.7. The average Bonchev–Trinajstić information content (AvgIpc) is 2.72. The summed E-state index contributed by atoms with van der Waals surface area (Å²) >= 11 is 0. The van der Waals surface area contributed by atoms with Gasteiger partial charge < -0.3 is 0 Å². The molecule has 0 N–H and O–H groups in total. The molecular formula is C25H24N2+2. The first-order chi connectivity index (χ1) is 13.3. The van der Waals surface area contributed by atoms with Crippen molar-refractivity contribution < 1.29 is 9.13 Å². The van der Waals surface area contributed by atoms with Gasteiger partial charge >= 0.3 is 0 Å². The Morgan fingerprint density at radius 2 is 1.26 bits per heavy atom. The van der Waals surface area contributed by atoms with Crippen LogP contribution in [0, 0.1) is 12.3 Å². The number of rotatable bonds is 5. The van der Waals surface area contributed by atoms with Crippen LogP contribution in [0.3, 0.4) is 0 Å². The molecule has 0 spiro atoms. The van der Waals surface area contributed by atoms with Crippen molar-refractivity contribution in [3.05, 3.63) is 73.1 Å². The van der Waals surface area contributed by atoms with Gasteiger partial charge in [-0.05, 0) is 22.9 Å². The Hall–Kier alpha value is -3.18. The minimum atomic E-state index is 0.717. The largest absolute Gasteiger partial charge is 0.285 e. The zero-order valence-electron chi connectivity index (χ0n) is 15.7. The normalized spacial score (nSPS) is 11.0. The van der Waals surface area contributed by atoms with Crippen molar-refractivity contribution in [2.75, 3.05) is 0 Å². The molecule has 4 rings (SSSR count). The Kier molecular flexibility index (Phi) is 4.85. The van der Waals surface area contributed by atoms with Crippen molar-refractivity contribution in [1.29, 1.82) is 0 Å². The summed E-state index contributed by atoms with van der Waals surface area (Å²) in [5, 5.41) is 5.05. The minimum Gasteiger partial charge on any atom is -0.193 e. The number of terminal acetylenes is 1. The van der Waals surface area contributed by atoms with Crippen LogP contribution in [-0.4, -0.2) is 0 Å². The van der Waals surface area contributed by atoms with Crippen molar-refractivity contribution in [3.8, 4) is 23.7 Å². The van der Waals surface area contributed by atoms with Gasteiger partial charge in [-0.3, -0.25) is 0 Å². The summed E-state index contributed by atoms with van der Waals surface area (Å²) in [7, 11) is 0. The molecule has 2 aromatic heterocycles. The predicted octanol–water partition coefficient (Wildman–Crippen LogP) is 4.67. The highest BCUT2D eigenvalue weighted by Crippen LogP contribution is 2.29. The summed E-state index contributed by atoms with van der Waals surface area (Å²) in [5.74, 6) is 2.79. The minimum absolute atomic E-state index is 0.717. The molecule has 0 atom stereocenters. The molecule has 4 aromatic rings. The first kappa shape index (κ1) is 17.2. The third kappa shape index (κ3) is 3.17. The lowest BCUT2D eigenvalue weighted by Gasteiger charge is -2.09. The van der Waals surface area contributed by atoms with Crippen molar-refractivity contribution in [2.24, 2.45) is 0 Å². The van der Waals surface area contributed by atoms with Gasteiger partial charge in [-0.15, -0.1) is 12.3 Å². The number of benzene rings is 2. The van der Waals surface area contributed by atoms with E-state index in [9.17, 15) is 0 Å². The fourth-order valence-electron chi connectivity index (χ4n) is 3.84. The predicted molar refractivity (Wildman–Crippen MR) is 111 cm³/mol. The molecule has 2 nitrogen and oxygen atoms in total. The van der Waals surface area contributed by atoms with Crippen molar-refractivity contribution in [2.45, 2.75) is 32.9 Å². The molecule has 2 aromatic carbocycles. The molecule has 2 heterocycles. The lowest BCUT2D eigenvalue weighted by Crippen LogP contribution is -2.43. The maximum absolute atomic E-state index is 5.58. The third-order valence-electron chi connectivity index (χ3n) is 5.06. The van der Waals surface area contributed by atoms with Gasteiger partial charge in [-0.25, -0.2) is 0 Å². The van der Waals surface area contributed by atoms with Crippen LogP contribution in [0.5, 0.6) is 0 Å². The maximum atomic E-state index is 5.58. The summed E-state index contributed by atoms with van der Waals surface area (Å²) in [5.41, 5.74) is 2.51. The summed E-state index contributed by atoms with van der Waals surface area (Å²) in [4.78, 5) is 0. The highest BCUT2D eigenvalue weighted by atomic mass is 15.0. The van der Waals surface area contributed by atoms with Gasteiger partial charge in [0.15, 0.2) is 18.9 Å². The quantitative estimate of drug-likeness (QED) is 0.364. The fraction of sp³-hybridized carbons (Fsp3) is 0.200. The molecule has 0 aliphatic carbocycles. The molecule has 2 heteroatoms. The molecule has 0 aliphatic heterocycles. The highest BCUT2D eigenvalue weighted by molar-refractivity contribution is 5.99. The summed E-state index contributed by atoms with van der Waals surface area (Å²) in [6.45, 7) is 4.02. The average molecular weight is 352 g/mol. The van der Waals surface area contributed by atoms with E-state index >= 15 is 0 Å². The van der Waals surface area contributed by atoms with E-state index in [4.69, 9.17) is 6.42 Å². The number of hydrogen-bond donors (Lipinski definition) is 0. The van der Waals surface area contributed by atoms with Crippen LogP contribution in [0.15, 0.2) is 73.1 Å². The number of hydrogen-bond acceptors (Lipinski definition) is 0. The van der Waals surface area contributed by atoms with Gasteiger partial charge in [0, 0.05) is 18.6 Å². The molecule has 27 heavy (non-hydrogen) atoms. The van der Waals surface area contributed by atoms with Gasteiger partial charge in [-0.2, -0.15) is 9.13 Å². The molecular weight excluding hydrogens is 328 g/mol. The van der Waals surface area contributed by atoms with Crippen LogP contribution in [0.1, 0.15) is 19.8 Å². The van der Waals surface area contributed by atoms with E-state index in [0.29, 0.717) is 6.42 Å². The van der Waals surface area contributed by atoms with E-state index in [2.05, 4.69) is 95.0 Å². The van der Waals surface area contributed by atoms with E-state index in [1.54, 1.807) is 0 Å². The Bertz CT molecular complexity index is 1150. The van der Waals surface area contributed by atoms with Crippen LogP contribution < -0.4 is 9.13 Å². The van der Waals surface area contributed by atoms with Crippen molar-refractivity contribution >= 4 is 21.5 Å². The molecule has 0 radical (unpaired) electrons. The molecule has 0 amide bonds. The van der Waals surface area contributed by atoms with E-state index in [1.807, 2.05) is 0 Å². The Balaban J connectivity index is 2.12. The smallest absolute Gasteiger partial charge is 0.193 e. The number of aromatic nitrogens is 2. The van der Waals surface area contributed by atoms with E-state index in [1.165, 1.54) is 32.9 Å². The summed E-state index contributed by atoms with van der Waals surface area (Å²) in [6.07, 6.45) is 11.8. The van der Waals surface area contributed by atoms with E-state index < -0.39 is 0 Å². The summed E-state index contributed by atoms with van der Waals surface area (Å²) in [6, 6.07) is 21.7. The summed E-state index contributed by atoms with van der Waals surface area (Å²) < 4.78 is 4.70. The second-order valence-electron chi connectivity index (χ2n) is 6.84. The second-order valence-corrected chi connectivity index (χ2v) is 6.84. The highest BCUT2D eigenvalue weighted by Gasteiger charge is 2.28. The number of pyridine rings is 2. The Morgan fingerprint density at radius 1 is 0.741 bits per heavy atom.